The summed E-state index contributed by atoms with van der Waals surface area (Å²) >= 11 is 1.16. The molecule has 0 aliphatic heterocycles. The lowest BCUT2D eigenvalue weighted by atomic mass is 10.3. The SMILES string of the molecule is COc1cc(NS(=O)(=O)c2cccs2)ccc1N. The molecule has 0 aliphatic carbocycles. The standard InChI is InChI=1S/C11H12N2O3S2/c1-16-10-7-8(4-5-9(10)12)13-18(14,15)11-3-2-6-17-11/h2-7,13H,12H2,1H3. The zero-order valence-corrected chi connectivity index (χ0v) is 11.2. The highest BCUT2D eigenvalue weighted by Crippen LogP contribution is 2.27. The van der Waals surface area contributed by atoms with Crippen molar-refractivity contribution in [3.63, 3.8) is 0 Å². The summed E-state index contributed by atoms with van der Waals surface area (Å²) in [7, 11) is -2.06. The normalized spacial score (nSPS) is 11.2. The fraction of sp³-hybridized carbons (Fsp3) is 0.0909. The molecule has 96 valence electrons. The second-order valence-electron chi connectivity index (χ2n) is 3.49. The molecule has 5 nitrogen and oxygen atoms in total. The van der Waals surface area contributed by atoms with Crippen LogP contribution in [-0.4, -0.2) is 15.5 Å². The third-order valence-electron chi connectivity index (χ3n) is 2.25. The number of nitrogens with one attached hydrogen (secondary N) is 1. The Kier molecular flexibility index (Phi) is 3.44. The summed E-state index contributed by atoms with van der Waals surface area (Å²) in [5.41, 5.74) is 6.52. The van der Waals surface area contributed by atoms with Gasteiger partial charge in [0.15, 0.2) is 0 Å². The molecule has 0 radical (unpaired) electrons. The van der Waals surface area contributed by atoms with Gasteiger partial charge in [0.25, 0.3) is 10.0 Å². The van der Waals surface area contributed by atoms with E-state index in [1.807, 2.05) is 0 Å². The topological polar surface area (TPSA) is 81.4 Å². The van der Waals surface area contributed by atoms with Gasteiger partial charge < -0.3 is 10.5 Å². The average Bonchev–Trinajstić information content (AvgIpc) is 2.85. The van der Waals surface area contributed by atoms with E-state index in [9.17, 15) is 8.42 Å². The van der Waals surface area contributed by atoms with Gasteiger partial charge in [-0.2, -0.15) is 0 Å². The van der Waals surface area contributed by atoms with E-state index < -0.39 is 10.0 Å². The maximum absolute atomic E-state index is 12.0. The van der Waals surface area contributed by atoms with Crippen molar-refractivity contribution >= 4 is 32.7 Å². The molecule has 0 saturated heterocycles. The second kappa shape index (κ2) is 4.87. The van der Waals surface area contributed by atoms with Crippen LogP contribution in [0.1, 0.15) is 0 Å². The van der Waals surface area contributed by atoms with Crippen LogP contribution < -0.4 is 15.2 Å². The number of nitrogen functional groups attached to an aromatic ring is 1. The van der Waals surface area contributed by atoms with Gasteiger partial charge in [-0.3, -0.25) is 4.72 Å². The molecule has 7 heteroatoms. The van der Waals surface area contributed by atoms with Gasteiger partial charge in [0.2, 0.25) is 0 Å². The van der Waals surface area contributed by atoms with E-state index in [4.69, 9.17) is 10.5 Å². The smallest absolute Gasteiger partial charge is 0.271 e. The summed E-state index contributed by atoms with van der Waals surface area (Å²) < 4.78 is 31.7. The fourth-order valence-corrected chi connectivity index (χ4v) is 3.44. The molecule has 0 saturated carbocycles. The quantitative estimate of drug-likeness (QED) is 0.843. The van der Waals surface area contributed by atoms with Crippen LogP contribution in [0.3, 0.4) is 0 Å². The van der Waals surface area contributed by atoms with Crippen molar-refractivity contribution in [3.8, 4) is 5.75 Å². The highest BCUT2D eigenvalue weighted by Gasteiger charge is 2.15. The Labute approximate surface area is 109 Å². The Morgan fingerprint density at radius 2 is 2.11 bits per heavy atom. The largest absolute Gasteiger partial charge is 0.495 e. The van der Waals surface area contributed by atoms with E-state index in [0.717, 1.165) is 11.3 Å². The summed E-state index contributed by atoms with van der Waals surface area (Å²) in [6.45, 7) is 0. The molecule has 2 aromatic rings. The van der Waals surface area contributed by atoms with Crippen LogP contribution in [0.25, 0.3) is 0 Å². The highest BCUT2D eigenvalue weighted by molar-refractivity contribution is 7.94. The molecule has 0 atom stereocenters. The third kappa shape index (κ3) is 2.57. The number of benzene rings is 1. The number of hydrogen-bond acceptors (Lipinski definition) is 5. The van der Waals surface area contributed by atoms with Gasteiger partial charge in [0.05, 0.1) is 18.5 Å². The first-order valence-corrected chi connectivity index (χ1v) is 7.39. The molecular formula is C11H12N2O3S2. The lowest BCUT2D eigenvalue weighted by Crippen LogP contribution is -2.11. The van der Waals surface area contributed by atoms with Gasteiger partial charge in [0, 0.05) is 6.07 Å². The molecule has 0 fully saturated rings. The molecule has 18 heavy (non-hydrogen) atoms. The van der Waals surface area contributed by atoms with Crippen molar-refractivity contribution in [2.75, 3.05) is 17.6 Å². The lowest BCUT2D eigenvalue weighted by Gasteiger charge is -2.09. The second-order valence-corrected chi connectivity index (χ2v) is 6.35. The van der Waals surface area contributed by atoms with Crippen LogP contribution in [0.2, 0.25) is 0 Å². The molecule has 0 aliphatic rings. The fourth-order valence-electron chi connectivity index (χ4n) is 1.40. The van der Waals surface area contributed by atoms with Crippen LogP contribution in [0.15, 0.2) is 39.9 Å². The molecule has 0 unspecified atom stereocenters. The average molecular weight is 284 g/mol. The predicted molar refractivity (Wildman–Crippen MR) is 72.5 cm³/mol. The number of sulfonamides is 1. The van der Waals surface area contributed by atoms with Gasteiger partial charge >= 0.3 is 0 Å². The first-order valence-electron chi connectivity index (χ1n) is 5.03. The Bertz CT molecular complexity index is 636. The van der Waals surface area contributed by atoms with E-state index in [2.05, 4.69) is 4.72 Å². The summed E-state index contributed by atoms with van der Waals surface area (Å²) in [6, 6.07) is 7.94. The van der Waals surface area contributed by atoms with Crippen molar-refractivity contribution in [2.24, 2.45) is 0 Å². The number of nitrogens with two attached hydrogens (primary N) is 1. The zero-order valence-electron chi connectivity index (χ0n) is 9.58. The first kappa shape index (κ1) is 12.7. The van der Waals surface area contributed by atoms with E-state index in [1.165, 1.54) is 7.11 Å². The van der Waals surface area contributed by atoms with Gasteiger partial charge in [-0.05, 0) is 23.6 Å². The number of ether oxygens (including phenoxy) is 1. The van der Waals surface area contributed by atoms with Gasteiger partial charge in [-0.15, -0.1) is 11.3 Å². The lowest BCUT2D eigenvalue weighted by molar-refractivity contribution is 0.417. The van der Waals surface area contributed by atoms with Crippen molar-refractivity contribution < 1.29 is 13.2 Å². The van der Waals surface area contributed by atoms with E-state index >= 15 is 0 Å². The van der Waals surface area contributed by atoms with Gasteiger partial charge in [0.1, 0.15) is 9.96 Å². The van der Waals surface area contributed by atoms with E-state index in [-0.39, 0.29) is 4.21 Å². The molecule has 1 heterocycles. The molecular weight excluding hydrogens is 272 g/mol. The van der Waals surface area contributed by atoms with Crippen molar-refractivity contribution in [1.82, 2.24) is 0 Å². The molecule has 0 amide bonds. The number of rotatable bonds is 4. The summed E-state index contributed by atoms with van der Waals surface area (Å²) in [4.78, 5) is 0. The molecule has 3 N–H and O–H groups in total. The number of hydrogen-bond donors (Lipinski definition) is 2. The Morgan fingerprint density at radius 3 is 2.72 bits per heavy atom. The number of anilines is 2. The van der Waals surface area contributed by atoms with E-state index in [1.54, 1.807) is 35.7 Å². The van der Waals surface area contributed by atoms with Crippen molar-refractivity contribution in [3.05, 3.63) is 35.7 Å². The van der Waals surface area contributed by atoms with E-state index in [0.29, 0.717) is 17.1 Å². The monoisotopic (exact) mass is 284 g/mol. The van der Waals surface area contributed by atoms with Crippen molar-refractivity contribution in [1.29, 1.82) is 0 Å². The summed E-state index contributed by atoms with van der Waals surface area (Å²) in [6.07, 6.45) is 0. The Morgan fingerprint density at radius 1 is 1.33 bits per heavy atom. The first-order chi connectivity index (χ1) is 8.53. The number of methoxy groups -OCH3 is 1. The minimum absolute atomic E-state index is 0.262. The highest BCUT2D eigenvalue weighted by atomic mass is 32.2. The predicted octanol–water partition coefficient (Wildman–Crippen LogP) is 2.14. The zero-order chi connectivity index (χ0) is 13.2. The molecule has 0 bridgehead atoms. The van der Waals surface area contributed by atoms with Gasteiger partial charge in [-0.1, -0.05) is 6.07 Å². The third-order valence-corrected chi connectivity index (χ3v) is 5.02. The van der Waals surface area contributed by atoms with Crippen LogP contribution >= 0.6 is 11.3 Å². The van der Waals surface area contributed by atoms with Gasteiger partial charge in [-0.25, -0.2) is 8.42 Å². The molecule has 0 spiro atoms. The van der Waals surface area contributed by atoms with Crippen LogP contribution in [0.4, 0.5) is 11.4 Å². The Balaban J connectivity index is 2.30. The van der Waals surface area contributed by atoms with Crippen LogP contribution in [-0.2, 0) is 10.0 Å². The Hall–Kier alpha value is -1.73. The van der Waals surface area contributed by atoms with Crippen LogP contribution in [0, 0.1) is 0 Å². The minimum atomic E-state index is -3.54. The summed E-state index contributed by atoms with van der Waals surface area (Å²) in [5, 5.41) is 1.71. The molecule has 2 rings (SSSR count). The maximum atomic E-state index is 12.0. The summed E-state index contributed by atoms with van der Waals surface area (Å²) in [5.74, 6) is 0.432. The minimum Gasteiger partial charge on any atom is -0.495 e. The molecule has 1 aromatic carbocycles. The van der Waals surface area contributed by atoms with Crippen molar-refractivity contribution in [2.45, 2.75) is 4.21 Å². The van der Waals surface area contributed by atoms with Crippen LogP contribution in [0.5, 0.6) is 5.75 Å². The molecule has 1 aromatic heterocycles. The number of thiophene rings is 1. The maximum Gasteiger partial charge on any atom is 0.271 e.